The van der Waals surface area contributed by atoms with E-state index in [4.69, 9.17) is 0 Å². The molecule has 0 saturated heterocycles. The lowest BCUT2D eigenvalue weighted by atomic mass is 10.0. The maximum atomic E-state index is 15.8. The van der Waals surface area contributed by atoms with Crippen LogP contribution in [0.4, 0.5) is 65.9 Å². The van der Waals surface area contributed by atoms with Gasteiger partial charge in [-0.2, -0.15) is 0 Å². The molecule has 2 N–H and O–H groups in total. The SMILES string of the molecule is O=C([O-])c1ccc(-c2c3nc(c(-c4c(F)c(F)c(F)c(F)c4F)c4ccc([nH]4)c(-c4c(F)c(F)c(F)c(F)c4F)c4nc(c(-c5c(F)c(F)c(F)c(F)c5F)c5ccc2[nH]5)C=C4)C=C3)cc1. The highest BCUT2D eigenvalue weighted by atomic mass is 19.2. The molecule has 66 heavy (non-hydrogen) atoms. The van der Waals surface area contributed by atoms with Crippen molar-refractivity contribution in [2.45, 2.75) is 0 Å². The lowest BCUT2D eigenvalue weighted by Crippen LogP contribution is -2.21. The molecule has 2 aliphatic rings. The Morgan fingerprint density at radius 1 is 0.333 bits per heavy atom. The first-order chi connectivity index (χ1) is 31.3. The summed E-state index contributed by atoms with van der Waals surface area (Å²) in [5.74, 6) is -38.9. The van der Waals surface area contributed by atoms with Gasteiger partial charge < -0.3 is 19.9 Å². The van der Waals surface area contributed by atoms with E-state index in [1.165, 1.54) is 12.1 Å². The van der Waals surface area contributed by atoms with Crippen molar-refractivity contribution in [3.63, 3.8) is 0 Å². The molecule has 0 saturated carbocycles. The van der Waals surface area contributed by atoms with Crippen molar-refractivity contribution in [1.29, 1.82) is 0 Å². The van der Waals surface area contributed by atoms with E-state index in [1.807, 2.05) is 0 Å². The third-order valence-electron chi connectivity index (χ3n) is 10.5. The van der Waals surface area contributed by atoms with Crippen molar-refractivity contribution in [2.24, 2.45) is 0 Å². The smallest absolute Gasteiger partial charge is 0.200 e. The maximum absolute atomic E-state index is 15.8. The van der Waals surface area contributed by atoms with Crippen LogP contribution in [0.1, 0.15) is 33.1 Å². The molecule has 7 aromatic rings. The Kier molecular flexibility index (Phi) is 10.2. The van der Waals surface area contributed by atoms with E-state index in [9.17, 15) is 49.4 Å². The molecular weight excluding hydrogens is 913 g/mol. The quantitative estimate of drug-likeness (QED) is 0.102. The number of aromatic carboxylic acids is 1. The van der Waals surface area contributed by atoms with Gasteiger partial charge in [0.15, 0.2) is 69.8 Å². The third-order valence-corrected chi connectivity index (χ3v) is 10.5. The van der Waals surface area contributed by atoms with Gasteiger partial charge in [0.25, 0.3) is 0 Å². The van der Waals surface area contributed by atoms with Gasteiger partial charge in [0.05, 0.1) is 45.4 Å². The fourth-order valence-electron chi connectivity index (χ4n) is 7.54. The monoisotopic (exact) mass is 927 g/mol. The Morgan fingerprint density at radius 3 is 0.848 bits per heavy atom. The van der Waals surface area contributed by atoms with Gasteiger partial charge in [-0.3, -0.25) is 0 Å². The van der Waals surface area contributed by atoms with Crippen LogP contribution in [0.15, 0.2) is 48.5 Å². The summed E-state index contributed by atoms with van der Waals surface area (Å²) in [6, 6.07) is 8.23. The first-order valence-electron chi connectivity index (χ1n) is 18.4. The van der Waals surface area contributed by atoms with Crippen LogP contribution in [0.3, 0.4) is 0 Å². The van der Waals surface area contributed by atoms with Gasteiger partial charge in [0.1, 0.15) is 0 Å². The highest BCUT2D eigenvalue weighted by molar-refractivity contribution is 6.00. The zero-order valence-corrected chi connectivity index (χ0v) is 31.8. The average molecular weight is 928 g/mol. The molecule has 0 amide bonds. The van der Waals surface area contributed by atoms with E-state index in [1.54, 1.807) is 0 Å². The van der Waals surface area contributed by atoms with Gasteiger partial charge in [-0.15, -0.1) is 0 Å². The van der Waals surface area contributed by atoms with Crippen molar-refractivity contribution >= 4 is 52.3 Å². The number of hydrogen-bond acceptors (Lipinski definition) is 4. The number of fused-ring (bicyclic) bond motifs is 8. The largest absolute Gasteiger partial charge is 0.545 e. The van der Waals surface area contributed by atoms with Crippen molar-refractivity contribution in [3.8, 4) is 44.5 Å². The first-order valence-corrected chi connectivity index (χ1v) is 18.4. The summed E-state index contributed by atoms with van der Waals surface area (Å²) in [7, 11) is 0. The molecule has 0 fully saturated rings. The van der Waals surface area contributed by atoms with Gasteiger partial charge in [0, 0.05) is 44.3 Å². The number of nitrogens with one attached hydrogen (secondary N) is 2. The molecular formula is C45H14F15N4O2-. The second-order valence-corrected chi connectivity index (χ2v) is 14.2. The number of benzene rings is 4. The van der Waals surface area contributed by atoms with Crippen LogP contribution in [0, 0.1) is 87.3 Å². The second kappa shape index (κ2) is 15.6. The minimum absolute atomic E-state index is 0.0349. The molecule has 6 nitrogen and oxygen atoms in total. The van der Waals surface area contributed by atoms with Crippen LogP contribution in [0.25, 0.3) is 90.9 Å². The molecule has 0 aliphatic carbocycles. The molecule has 8 bridgehead atoms. The Balaban J connectivity index is 1.56. The summed E-state index contributed by atoms with van der Waals surface area (Å²) in [6.07, 6.45) is 3.63. The van der Waals surface area contributed by atoms with E-state index in [-0.39, 0.29) is 27.9 Å². The fourth-order valence-corrected chi connectivity index (χ4v) is 7.54. The summed E-state index contributed by atoms with van der Waals surface area (Å²) < 4.78 is 228. The van der Waals surface area contributed by atoms with Crippen LogP contribution in [0.5, 0.6) is 0 Å². The zero-order valence-electron chi connectivity index (χ0n) is 31.8. The van der Waals surface area contributed by atoms with Crippen molar-refractivity contribution < 1.29 is 75.8 Å². The van der Waals surface area contributed by atoms with Crippen LogP contribution in [0.2, 0.25) is 0 Å². The molecule has 332 valence electrons. The number of nitrogens with zero attached hydrogens (tertiary/aromatic N) is 2. The average Bonchev–Trinajstić information content (AvgIpc) is 4.16. The molecule has 2 aliphatic heterocycles. The molecule has 0 spiro atoms. The summed E-state index contributed by atoms with van der Waals surface area (Å²) in [5, 5.41) is 11.6. The van der Waals surface area contributed by atoms with Crippen molar-refractivity contribution in [2.75, 3.05) is 0 Å². The number of carboxylic acid groups (broad SMARTS) is 1. The number of hydrogen-bond donors (Lipinski definition) is 2. The highest BCUT2D eigenvalue weighted by Gasteiger charge is 2.34. The van der Waals surface area contributed by atoms with Gasteiger partial charge >= 0.3 is 0 Å². The molecule has 21 heteroatoms. The summed E-state index contributed by atoms with van der Waals surface area (Å²) in [5.41, 5.74) is -13.3. The Labute approximate surface area is 356 Å². The van der Waals surface area contributed by atoms with E-state index in [0.29, 0.717) is 0 Å². The molecule has 3 aromatic heterocycles. The topological polar surface area (TPSA) is 97.5 Å². The first kappa shape index (κ1) is 43.2. The van der Waals surface area contributed by atoms with E-state index >= 15 is 26.3 Å². The summed E-state index contributed by atoms with van der Waals surface area (Å²) in [4.78, 5) is 25.2. The molecule has 5 heterocycles. The number of carbonyl (C=O) groups excluding carboxylic acids is 1. The van der Waals surface area contributed by atoms with Gasteiger partial charge in [-0.1, -0.05) is 24.3 Å². The fraction of sp³-hybridized carbons (Fsp3) is 0. The number of rotatable bonds is 5. The third kappa shape index (κ3) is 6.43. The lowest BCUT2D eigenvalue weighted by molar-refractivity contribution is -0.255. The molecule has 0 radical (unpaired) electrons. The standard InChI is InChI=1S/C45H15F15N4O2/c46-30-27(31(47)37(53)42(58)36(30)52)24-17-7-5-15(61-17)23(13-1-3-14(4-2-13)45(65)66)16-6-8-18(62-16)25(28-32(48)38(54)43(59)39(55)33(28)49)20-10-12-22(64-20)26(21-11-9-19(24)63-21)29-34(50)40(56)44(60)41(57)35(29)51/h1-12,61,64H,(H,65,66)/p-1. The number of halogens is 15. The van der Waals surface area contributed by atoms with Gasteiger partial charge in [0.2, 0.25) is 17.5 Å². The minimum atomic E-state index is -2.64. The Morgan fingerprint density at radius 2 is 0.576 bits per heavy atom. The second-order valence-electron chi connectivity index (χ2n) is 14.2. The Hall–Kier alpha value is -8.10. The molecule has 9 rings (SSSR count). The Bertz CT molecular complexity index is 3430. The van der Waals surface area contributed by atoms with Crippen LogP contribution in [-0.2, 0) is 0 Å². The van der Waals surface area contributed by atoms with E-state index in [2.05, 4.69) is 19.9 Å². The summed E-state index contributed by atoms with van der Waals surface area (Å²) in [6.45, 7) is 0. The number of H-pyrrole nitrogens is 2. The van der Waals surface area contributed by atoms with Crippen LogP contribution in [-0.4, -0.2) is 25.9 Å². The molecule has 4 aromatic carbocycles. The van der Waals surface area contributed by atoms with Crippen LogP contribution < -0.4 is 5.11 Å². The number of carboxylic acids is 1. The lowest BCUT2D eigenvalue weighted by Gasteiger charge is -2.11. The summed E-state index contributed by atoms with van der Waals surface area (Å²) >= 11 is 0. The van der Waals surface area contributed by atoms with E-state index in [0.717, 1.165) is 60.7 Å². The highest BCUT2D eigenvalue weighted by Crippen LogP contribution is 2.43. The minimum Gasteiger partial charge on any atom is -0.545 e. The number of carbonyl (C=O) groups is 1. The van der Waals surface area contributed by atoms with E-state index < -0.39 is 160 Å². The normalized spacial score (nSPS) is 12.2. The number of aromatic nitrogens is 4. The molecule has 0 atom stereocenters. The van der Waals surface area contributed by atoms with Gasteiger partial charge in [-0.05, 0) is 59.7 Å². The van der Waals surface area contributed by atoms with Crippen molar-refractivity contribution in [3.05, 3.63) is 164 Å². The molecule has 0 unspecified atom stereocenters. The van der Waals surface area contributed by atoms with Gasteiger partial charge in [-0.25, -0.2) is 75.8 Å². The predicted octanol–water partition coefficient (Wildman–Crippen LogP) is 11.8. The predicted molar refractivity (Wildman–Crippen MR) is 204 cm³/mol. The zero-order chi connectivity index (χ0) is 47.4. The number of aromatic amines is 2. The maximum Gasteiger partial charge on any atom is 0.200 e. The van der Waals surface area contributed by atoms with Crippen LogP contribution >= 0.6 is 0 Å². The van der Waals surface area contributed by atoms with Crippen molar-refractivity contribution in [1.82, 2.24) is 19.9 Å².